The predicted octanol–water partition coefficient (Wildman–Crippen LogP) is 3.15. The fourth-order valence-corrected chi connectivity index (χ4v) is 8.51. The first-order valence-electron chi connectivity index (χ1n) is 17.9. The Morgan fingerprint density at radius 3 is 2.39 bits per heavy atom. The Kier molecular flexibility index (Phi) is 8.77. The summed E-state index contributed by atoms with van der Waals surface area (Å²) in [5.74, 6) is -1.70. The van der Waals surface area contributed by atoms with Crippen molar-refractivity contribution in [2.24, 2.45) is 24.8 Å². The van der Waals surface area contributed by atoms with Gasteiger partial charge in [-0.2, -0.15) is 18.3 Å². The van der Waals surface area contributed by atoms with Crippen molar-refractivity contribution in [3.05, 3.63) is 41.5 Å². The van der Waals surface area contributed by atoms with Gasteiger partial charge in [-0.15, -0.1) is 0 Å². The fraction of sp³-hybridized carbons (Fsp3) is 0.657. The van der Waals surface area contributed by atoms with Crippen molar-refractivity contribution in [2.45, 2.75) is 80.9 Å². The number of aromatic nitrogens is 2. The summed E-state index contributed by atoms with van der Waals surface area (Å²) in [6.07, 6.45) is 2.01. The molecule has 8 rings (SSSR count). The van der Waals surface area contributed by atoms with E-state index >= 15 is 4.39 Å². The van der Waals surface area contributed by atoms with Crippen LogP contribution in [0, 0.1) is 23.6 Å². The standard InChI is InChI=1S/C35H43F4N7O5/c1-44-25(6-9-41-44)32(48)43-31(30(19-2-3-19)20-4-5-20)33(49)42-24-13-27-22(12-23(24)36)26(46-16-28(35(37,38)39)40-15-29(46)47)14-34(51-27)7-10-45(11-8-34)21-17-50-18-21/h6,9,12-13,19-21,26,28,30-31,40H,2-5,7-8,10-11,14-18H2,1H3,(H,42,49)(H,43,48)/t26?,28-,31-/m0/s1. The number of carbonyl (C=O) groups excluding carboxylic acids is 3. The zero-order valence-corrected chi connectivity index (χ0v) is 28.4. The van der Waals surface area contributed by atoms with Crippen LogP contribution in [0.1, 0.15) is 67.0 Å². The highest BCUT2D eigenvalue weighted by atomic mass is 19.4. The summed E-state index contributed by atoms with van der Waals surface area (Å²) in [4.78, 5) is 44.2. The van der Waals surface area contributed by atoms with Gasteiger partial charge in [-0.25, -0.2) is 4.39 Å². The van der Waals surface area contributed by atoms with Crippen LogP contribution >= 0.6 is 0 Å². The maximum Gasteiger partial charge on any atom is 0.405 e. The minimum Gasteiger partial charge on any atom is -0.487 e. The van der Waals surface area contributed by atoms with Gasteiger partial charge in [-0.05, 0) is 68.4 Å². The van der Waals surface area contributed by atoms with Gasteiger partial charge in [0.2, 0.25) is 11.8 Å². The van der Waals surface area contributed by atoms with E-state index in [0.717, 1.165) is 25.7 Å². The summed E-state index contributed by atoms with van der Waals surface area (Å²) in [5.41, 5.74) is -0.436. The number of carbonyl (C=O) groups is 3. The van der Waals surface area contributed by atoms with Crippen molar-refractivity contribution >= 4 is 23.4 Å². The fourth-order valence-electron chi connectivity index (χ4n) is 8.51. The third-order valence-electron chi connectivity index (χ3n) is 11.8. The van der Waals surface area contributed by atoms with Crippen LogP contribution in [0.25, 0.3) is 0 Å². The van der Waals surface area contributed by atoms with Crippen molar-refractivity contribution in [1.29, 1.82) is 0 Å². The number of rotatable bonds is 9. The lowest BCUT2D eigenvalue weighted by Gasteiger charge is -2.51. The molecule has 0 bridgehead atoms. The highest BCUT2D eigenvalue weighted by Crippen LogP contribution is 2.52. The van der Waals surface area contributed by atoms with Crippen LogP contribution in [0.2, 0.25) is 0 Å². The van der Waals surface area contributed by atoms with Crippen molar-refractivity contribution in [1.82, 2.24) is 30.2 Å². The first-order chi connectivity index (χ1) is 24.4. The Hall–Kier alpha value is -3.76. The number of amides is 3. The molecule has 2 aromatic rings. The number of fused-ring (bicyclic) bond motifs is 1. The van der Waals surface area contributed by atoms with Crippen LogP contribution in [0.3, 0.4) is 0 Å². The number of nitrogens with zero attached hydrogens (tertiary/aromatic N) is 4. The number of alkyl halides is 3. The first kappa shape index (κ1) is 34.3. The number of anilines is 1. The van der Waals surface area contributed by atoms with Crippen LogP contribution < -0.4 is 20.7 Å². The number of ether oxygens (including phenoxy) is 2. The first-order valence-corrected chi connectivity index (χ1v) is 17.9. The highest BCUT2D eigenvalue weighted by molar-refractivity contribution is 6.01. The smallest absolute Gasteiger partial charge is 0.405 e. The van der Waals surface area contributed by atoms with E-state index in [1.54, 1.807) is 13.1 Å². The Balaban J connectivity index is 1.10. The number of nitrogens with one attached hydrogen (secondary N) is 3. The molecule has 16 heteroatoms. The Morgan fingerprint density at radius 1 is 1.10 bits per heavy atom. The lowest BCUT2D eigenvalue weighted by molar-refractivity contribution is -0.175. The number of piperidine rings is 1. The van der Waals surface area contributed by atoms with E-state index in [2.05, 4.69) is 25.9 Å². The van der Waals surface area contributed by atoms with Gasteiger partial charge in [0.25, 0.3) is 5.91 Å². The van der Waals surface area contributed by atoms with Gasteiger partial charge in [-0.1, -0.05) is 0 Å². The normalized spacial score (nSPS) is 26.0. The van der Waals surface area contributed by atoms with Gasteiger partial charge >= 0.3 is 6.18 Å². The molecule has 6 aliphatic rings. The number of aryl methyl sites for hydroxylation is 1. The molecule has 1 unspecified atom stereocenters. The van der Waals surface area contributed by atoms with E-state index in [0.29, 0.717) is 45.2 Å². The van der Waals surface area contributed by atoms with Crippen molar-refractivity contribution in [2.75, 3.05) is 44.7 Å². The van der Waals surface area contributed by atoms with E-state index in [1.165, 1.54) is 27.9 Å². The van der Waals surface area contributed by atoms with E-state index in [-0.39, 0.29) is 46.9 Å². The molecule has 0 radical (unpaired) electrons. The average Bonchev–Trinajstić information content (AvgIpc) is 4.01. The molecule has 3 atom stereocenters. The number of hydrogen-bond donors (Lipinski definition) is 3. The number of piperazine rings is 1. The second-order valence-electron chi connectivity index (χ2n) is 15.2. The molecule has 5 fully saturated rings. The lowest BCUT2D eigenvalue weighted by atomic mass is 9.79. The van der Waals surface area contributed by atoms with Crippen LogP contribution in [-0.2, 0) is 21.4 Å². The largest absolute Gasteiger partial charge is 0.487 e. The summed E-state index contributed by atoms with van der Waals surface area (Å²) in [6, 6.07) is 0.694. The molecular weight excluding hydrogens is 674 g/mol. The monoisotopic (exact) mass is 717 g/mol. The molecule has 2 aliphatic carbocycles. The number of hydrogen-bond acceptors (Lipinski definition) is 8. The van der Waals surface area contributed by atoms with Gasteiger partial charge in [0.05, 0.1) is 37.5 Å². The molecule has 1 spiro atoms. The summed E-state index contributed by atoms with van der Waals surface area (Å²) in [5, 5.41) is 12.0. The topological polar surface area (TPSA) is 130 Å². The minimum absolute atomic E-state index is 0.113. The summed E-state index contributed by atoms with van der Waals surface area (Å²) >= 11 is 0. The summed E-state index contributed by atoms with van der Waals surface area (Å²) in [6.45, 7) is 1.51. The predicted molar refractivity (Wildman–Crippen MR) is 174 cm³/mol. The van der Waals surface area contributed by atoms with Crippen LogP contribution in [0.15, 0.2) is 24.4 Å². The number of likely N-dealkylation sites (tertiary alicyclic amines) is 1. The summed E-state index contributed by atoms with van der Waals surface area (Å²) in [7, 11) is 1.63. The van der Waals surface area contributed by atoms with Gasteiger partial charge < -0.3 is 25.0 Å². The molecule has 5 heterocycles. The van der Waals surface area contributed by atoms with Crippen molar-refractivity contribution < 1.29 is 41.4 Å². The molecule has 4 aliphatic heterocycles. The third kappa shape index (κ3) is 6.81. The molecule has 276 valence electrons. The van der Waals surface area contributed by atoms with Crippen LogP contribution in [0.4, 0.5) is 23.2 Å². The molecule has 3 amide bonds. The van der Waals surface area contributed by atoms with E-state index in [9.17, 15) is 27.6 Å². The molecule has 3 saturated heterocycles. The average molecular weight is 718 g/mol. The highest BCUT2D eigenvalue weighted by Gasteiger charge is 2.52. The van der Waals surface area contributed by atoms with Crippen molar-refractivity contribution in [3.8, 4) is 5.75 Å². The van der Waals surface area contributed by atoms with E-state index in [1.807, 2.05) is 0 Å². The van der Waals surface area contributed by atoms with E-state index in [4.69, 9.17) is 9.47 Å². The van der Waals surface area contributed by atoms with Crippen LogP contribution in [-0.4, -0.2) is 107 Å². The minimum atomic E-state index is -4.58. The Morgan fingerprint density at radius 2 is 1.80 bits per heavy atom. The molecule has 1 aromatic carbocycles. The maximum absolute atomic E-state index is 16.1. The van der Waals surface area contributed by atoms with Gasteiger partial charge in [0, 0.05) is 50.9 Å². The second-order valence-corrected chi connectivity index (χ2v) is 15.2. The molecule has 12 nitrogen and oxygen atoms in total. The zero-order chi connectivity index (χ0) is 35.7. The third-order valence-corrected chi connectivity index (χ3v) is 11.8. The molecule has 2 saturated carbocycles. The Bertz CT molecular complexity index is 1670. The molecule has 3 N–H and O–H groups in total. The maximum atomic E-state index is 16.1. The van der Waals surface area contributed by atoms with Gasteiger partial charge in [0.1, 0.15) is 34.9 Å². The SMILES string of the molecule is Cn1nccc1C(=O)N[C@H](C(=O)Nc1cc2c(cc1F)C(N1C[C@@H](C(F)(F)F)NCC1=O)CC1(CCN(C3COC3)CC1)O2)C(C1CC1)C1CC1. The molecule has 1 aromatic heterocycles. The molecular formula is C35H43F4N7O5. The lowest BCUT2D eigenvalue weighted by Crippen LogP contribution is -2.62. The van der Waals surface area contributed by atoms with E-state index < -0.39 is 66.5 Å². The second kappa shape index (κ2) is 13.0. The Labute approximate surface area is 292 Å². The zero-order valence-electron chi connectivity index (χ0n) is 28.4. The van der Waals surface area contributed by atoms with Crippen molar-refractivity contribution in [3.63, 3.8) is 0 Å². The number of halogens is 4. The van der Waals surface area contributed by atoms with Gasteiger partial charge in [-0.3, -0.25) is 29.3 Å². The summed E-state index contributed by atoms with van der Waals surface area (Å²) < 4.78 is 71.2. The number of benzene rings is 1. The molecule has 51 heavy (non-hydrogen) atoms. The quantitative estimate of drug-likeness (QED) is 0.338. The van der Waals surface area contributed by atoms with Crippen LogP contribution in [0.5, 0.6) is 5.75 Å². The van der Waals surface area contributed by atoms with Gasteiger partial charge in [0.15, 0.2) is 0 Å².